The standard InChI is InChI=1S/C22H26N4O3/c1-15-13-19(16(2)29-15)21(27)23-14-20-17-7-3-4-8-18(17)22(28)26(24-20)12-11-25-9-5-6-10-25/h3-4,7-8,13H,5-6,9-12,14H2,1-2H3,(H,23,27). The quantitative estimate of drug-likeness (QED) is 0.695. The molecule has 2 aromatic heterocycles. The topological polar surface area (TPSA) is 80.4 Å². The number of amides is 1. The molecule has 1 amide bonds. The van der Waals surface area contributed by atoms with Crippen molar-refractivity contribution >= 4 is 16.7 Å². The molecule has 4 rings (SSSR count). The minimum atomic E-state index is -0.208. The molecule has 0 saturated carbocycles. The Hall–Kier alpha value is -2.93. The highest BCUT2D eigenvalue weighted by Gasteiger charge is 2.16. The normalized spacial score (nSPS) is 14.6. The lowest BCUT2D eigenvalue weighted by Crippen LogP contribution is -2.32. The minimum absolute atomic E-state index is 0.0869. The Labute approximate surface area is 169 Å². The average molecular weight is 394 g/mol. The summed E-state index contributed by atoms with van der Waals surface area (Å²) in [6, 6.07) is 9.17. The van der Waals surface area contributed by atoms with Crippen LogP contribution in [0.15, 0.2) is 39.5 Å². The third-order valence-corrected chi connectivity index (χ3v) is 5.47. The zero-order chi connectivity index (χ0) is 20.4. The molecule has 3 heterocycles. The van der Waals surface area contributed by atoms with E-state index < -0.39 is 0 Å². The number of likely N-dealkylation sites (tertiary alicyclic amines) is 1. The Balaban J connectivity index is 1.58. The number of hydrogen-bond donors (Lipinski definition) is 1. The van der Waals surface area contributed by atoms with E-state index in [0.717, 1.165) is 25.0 Å². The van der Waals surface area contributed by atoms with Gasteiger partial charge in [-0.05, 0) is 51.9 Å². The molecule has 0 aliphatic carbocycles. The van der Waals surface area contributed by atoms with E-state index in [1.807, 2.05) is 31.2 Å². The van der Waals surface area contributed by atoms with Crippen LogP contribution in [0.25, 0.3) is 10.8 Å². The minimum Gasteiger partial charge on any atom is -0.466 e. The number of nitrogens with one attached hydrogen (secondary N) is 1. The summed E-state index contributed by atoms with van der Waals surface area (Å²) in [4.78, 5) is 27.8. The third kappa shape index (κ3) is 4.10. The molecule has 7 nitrogen and oxygen atoms in total. The van der Waals surface area contributed by atoms with Crippen molar-refractivity contribution in [3.05, 3.63) is 63.5 Å². The Bertz CT molecular complexity index is 1090. The van der Waals surface area contributed by atoms with Crippen LogP contribution in [0.1, 0.15) is 40.4 Å². The number of nitrogens with zero attached hydrogens (tertiary/aromatic N) is 3. The van der Waals surface area contributed by atoms with Crippen LogP contribution in [0.2, 0.25) is 0 Å². The Morgan fingerprint density at radius 3 is 2.55 bits per heavy atom. The second kappa shape index (κ2) is 8.21. The molecule has 152 valence electrons. The van der Waals surface area contributed by atoms with Gasteiger partial charge in [-0.2, -0.15) is 5.10 Å². The van der Waals surface area contributed by atoms with Gasteiger partial charge >= 0.3 is 0 Å². The van der Waals surface area contributed by atoms with Gasteiger partial charge in [-0.25, -0.2) is 4.68 Å². The van der Waals surface area contributed by atoms with Gasteiger partial charge in [-0.1, -0.05) is 18.2 Å². The number of furan rings is 1. The summed E-state index contributed by atoms with van der Waals surface area (Å²) in [5, 5.41) is 8.91. The van der Waals surface area contributed by atoms with Crippen molar-refractivity contribution < 1.29 is 9.21 Å². The van der Waals surface area contributed by atoms with Gasteiger partial charge in [-0.15, -0.1) is 0 Å². The maximum absolute atomic E-state index is 12.9. The molecule has 29 heavy (non-hydrogen) atoms. The molecule has 7 heteroatoms. The number of hydrogen-bond acceptors (Lipinski definition) is 5. The summed E-state index contributed by atoms with van der Waals surface area (Å²) >= 11 is 0. The maximum Gasteiger partial charge on any atom is 0.274 e. The van der Waals surface area contributed by atoms with Crippen molar-refractivity contribution in [3.63, 3.8) is 0 Å². The van der Waals surface area contributed by atoms with Crippen LogP contribution in [0.5, 0.6) is 0 Å². The first-order chi connectivity index (χ1) is 14.0. The molecule has 0 atom stereocenters. The van der Waals surface area contributed by atoms with Gasteiger partial charge in [0.1, 0.15) is 11.5 Å². The lowest BCUT2D eigenvalue weighted by molar-refractivity contribution is 0.0949. The predicted molar refractivity (Wildman–Crippen MR) is 111 cm³/mol. The summed E-state index contributed by atoms with van der Waals surface area (Å²) in [5.74, 6) is 1.08. The summed E-state index contributed by atoms with van der Waals surface area (Å²) in [6.07, 6.45) is 2.43. The van der Waals surface area contributed by atoms with Crippen molar-refractivity contribution in [3.8, 4) is 0 Å². The van der Waals surface area contributed by atoms with Gasteiger partial charge in [0, 0.05) is 11.9 Å². The van der Waals surface area contributed by atoms with E-state index >= 15 is 0 Å². The van der Waals surface area contributed by atoms with Crippen LogP contribution in [-0.4, -0.2) is 40.2 Å². The van der Waals surface area contributed by atoms with Crippen LogP contribution in [0.4, 0.5) is 0 Å². The number of rotatable bonds is 6. The molecule has 0 bridgehead atoms. The Morgan fingerprint density at radius 2 is 1.86 bits per heavy atom. The molecular weight excluding hydrogens is 368 g/mol. The van der Waals surface area contributed by atoms with E-state index in [1.54, 1.807) is 13.0 Å². The molecule has 1 aliphatic rings. The number of carbonyl (C=O) groups is 1. The van der Waals surface area contributed by atoms with Gasteiger partial charge in [-0.3, -0.25) is 9.59 Å². The molecule has 1 N–H and O–H groups in total. The van der Waals surface area contributed by atoms with E-state index in [4.69, 9.17) is 4.42 Å². The van der Waals surface area contributed by atoms with Gasteiger partial charge in [0.05, 0.1) is 29.7 Å². The maximum atomic E-state index is 12.9. The summed E-state index contributed by atoms with van der Waals surface area (Å²) in [6.45, 7) is 7.34. The number of aryl methyl sites for hydroxylation is 2. The van der Waals surface area contributed by atoms with E-state index in [0.29, 0.717) is 34.7 Å². The number of aromatic nitrogens is 2. The van der Waals surface area contributed by atoms with E-state index in [-0.39, 0.29) is 18.0 Å². The molecule has 1 fully saturated rings. The summed E-state index contributed by atoms with van der Waals surface area (Å²) < 4.78 is 6.98. The van der Waals surface area contributed by atoms with Crippen LogP contribution in [0.3, 0.4) is 0 Å². The molecule has 1 aromatic carbocycles. The van der Waals surface area contributed by atoms with Crippen LogP contribution >= 0.6 is 0 Å². The highest BCUT2D eigenvalue weighted by molar-refractivity contribution is 5.95. The van der Waals surface area contributed by atoms with Crippen LogP contribution in [-0.2, 0) is 13.1 Å². The Morgan fingerprint density at radius 1 is 1.14 bits per heavy atom. The van der Waals surface area contributed by atoms with Crippen LogP contribution in [0, 0.1) is 13.8 Å². The fraction of sp³-hybridized carbons (Fsp3) is 0.409. The summed E-state index contributed by atoms with van der Waals surface area (Å²) in [5.41, 5.74) is 1.12. The molecule has 0 unspecified atom stereocenters. The smallest absolute Gasteiger partial charge is 0.274 e. The Kier molecular flexibility index (Phi) is 5.49. The molecular formula is C22H26N4O3. The first-order valence-electron chi connectivity index (χ1n) is 10.1. The van der Waals surface area contributed by atoms with E-state index in [1.165, 1.54) is 17.5 Å². The first kappa shape index (κ1) is 19.4. The molecule has 1 aliphatic heterocycles. The molecule has 0 radical (unpaired) electrons. The van der Waals surface area contributed by atoms with Crippen molar-refractivity contribution in [2.45, 2.75) is 39.8 Å². The second-order valence-corrected chi connectivity index (χ2v) is 7.58. The largest absolute Gasteiger partial charge is 0.466 e. The van der Waals surface area contributed by atoms with Crippen LogP contribution < -0.4 is 10.9 Å². The number of fused-ring (bicyclic) bond motifs is 1. The van der Waals surface area contributed by atoms with Crippen molar-refractivity contribution in [1.82, 2.24) is 20.0 Å². The third-order valence-electron chi connectivity index (χ3n) is 5.47. The van der Waals surface area contributed by atoms with Gasteiger partial charge in [0.25, 0.3) is 11.5 Å². The lowest BCUT2D eigenvalue weighted by Gasteiger charge is -2.16. The fourth-order valence-corrected chi connectivity index (χ4v) is 3.95. The highest BCUT2D eigenvalue weighted by Crippen LogP contribution is 2.16. The molecule has 3 aromatic rings. The molecule has 0 spiro atoms. The summed E-state index contributed by atoms with van der Waals surface area (Å²) in [7, 11) is 0. The fourth-order valence-electron chi connectivity index (χ4n) is 3.95. The highest BCUT2D eigenvalue weighted by atomic mass is 16.3. The lowest BCUT2D eigenvalue weighted by atomic mass is 10.1. The molecule has 1 saturated heterocycles. The second-order valence-electron chi connectivity index (χ2n) is 7.58. The zero-order valence-electron chi connectivity index (χ0n) is 16.9. The van der Waals surface area contributed by atoms with Crippen molar-refractivity contribution in [2.75, 3.05) is 19.6 Å². The van der Waals surface area contributed by atoms with Gasteiger partial charge in [0.15, 0.2) is 0 Å². The first-order valence-corrected chi connectivity index (χ1v) is 10.1. The zero-order valence-corrected chi connectivity index (χ0v) is 16.9. The number of benzene rings is 1. The van der Waals surface area contributed by atoms with Gasteiger partial charge in [0.2, 0.25) is 0 Å². The van der Waals surface area contributed by atoms with Crippen molar-refractivity contribution in [1.29, 1.82) is 0 Å². The monoisotopic (exact) mass is 394 g/mol. The number of carbonyl (C=O) groups excluding carboxylic acids is 1. The SMILES string of the molecule is Cc1cc(C(=O)NCc2nn(CCN3CCCC3)c(=O)c3ccccc23)c(C)o1. The van der Waals surface area contributed by atoms with Crippen molar-refractivity contribution in [2.24, 2.45) is 0 Å². The van der Waals surface area contributed by atoms with E-state index in [2.05, 4.69) is 15.3 Å². The van der Waals surface area contributed by atoms with E-state index in [9.17, 15) is 9.59 Å². The predicted octanol–water partition coefficient (Wildman–Crippen LogP) is 2.63. The van der Waals surface area contributed by atoms with Gasteiger partial charge < -0.3 is 14.6 Å². The average Bonchev–Trinajstić information content (AvgIpc) is 3.35.